The van der Waals surface area contributed by atoms with Gasteiger partial charge in [0, 0.05) is 22.2 Å². The molecule has 87 heavy (non-hydrogen) atoms. The van der Waals surface area contributed by atoms with Crippen LogP contribution in [0.25, 0.3) is 88.0 Å². The Kier molecular flexibility index (Phi) is 10.4. The highest BCUT2D eigenvalue weighted by atomic mass is 15.2. The fourth-order valence-electron chi connectivity index (χ4n) is 17.0. The maximum Gasteiger partial charge on any atom is 0.0731 e. The Bertz CT molecular complexity index is 4980. The molecule has 2 aliphatic carbocycles. The summed E-state index contributed by atoms with van der Waals surface area (Å²) in [5.74, 6) is 0. The van der Waals surface area contributed by atoms with Gasteiger partial charge in [0.05, 0.1) is 28.2 Å². The number of anilines is 6. The Hall–Kier alpha value is -10.5. The summed E-state index contributed by atoms with van der Waals surface area (Å²) < 4.78 is 0. The molecule has 0 atom stereocenters. The lowest BCUT2D eigenvalue weighted by Crippen LogP contribution is -2.31. The number of nitrogens with zero attached hydrogens (tertiary/aromatic N) is 2. The molecule has 14 aromatic carbocycles. The fourth-order valence-corrected chi connectivity index (χ4v) is 17.0. The van der Waals surface area contributed by atoms with Gasteiger partial charge in [0.1, 0.15) is 0 Å². The van der Waals surface area contributed by atoms with Crippen molar-refractivity contribution in [2.24, 2.45) is 0 Å². The first kappa shape index (κ1) is 49.8. The van der Waals surface area contributed by atoms with Gasteiger partial charge in [-0.2, -0.15) is 0 Å². The molecule has 0 amide bonds. The molecule has 2 aliphatic heterocycles. The molecule has 2 nitrogen and oxygen atoms in total. The number of benzene rings is 14. The Morgan fingerprint density at radius 3 is 1.15 bits per heavy atom. The topological polar surface area (TPSA) is 6.48 Å². The van der Waals surface area contributed by atoms with E-state index in [1.54, 1.807) is 0 Å². The molecule has 1 spiro atoms. The maximum absolute atomic E-state index is 2.58. The van der Waals surface area contributed by atoms with Gasteiger partial charge in [0.25, 0.3) is 0 Å². The summed E-state index contributed by atoms with van der Waals surface area (Å²) in [6, 6.07) is 111. The standard InChI is InChI=1S/C85H60N2/c1-83(2)71-44-17-19-46-74(71)86(54-27-7-5-8-28-54)76-48-24-38-63(81(76)83)57-34-21-36-61-67(57)52-68-58(64-39-25-49-77-82(64)84(3,4)72-45-18-20-47-75(72)87(77)55-29-9-6-10-30-55)35-22-37-62(68)78(61)65-40-23-41-66-79-56-31-12-11-26-53(56)50-51-73(79)85(80(65)66)69-42-15-13-32-59(69)60-33-14-16-43-70(60)85/h5-52H,1-4H3. The van der Waals surface area contributed by atoms with E-state index in [0.29, 0.717) is 0 Å². The number of rotatable bonds is 5. The molecule has 0 fully saturated rings. The summed E-state index contributed by atoms with van der Waals surface area (Å²) in [5, 5.41) is 7.44. The van der Waals surface area contributed by atoms with Crippen molar-refractivity contribution in [3.8, 4) is 55.6 Å². The van der Waals surface area contributed by atoms with Gasteiger partial charge in [0.15, 0.2) is 0 Å². The fraction of sp³-hybridized carbons (Fsp3) is 0.0824. The van der Waals surface area contributed by atoms with Crippen molar-refractivity contribution in [2.75, 3.05) is 9.80 Å². The molecule has 0 N–H and O–H groups in total. The Labute approximate surface area is 508 Å². The average molecular weight is 1110 g/mol. The highest BCUT2D eigenvalue weighted by Gasteiger charge is 2.53. The van der Waals surface area contributed by atoms with Crippen molar-refractivity contribution in [3.05, 3.63) is 336 Å². The zero-order valence-electron chi connectivity index (χ0n) is 49.1. The van der Waals surface area contributed by atoms with Crippen LogP contribution in [0.1, 0.15) is 72.2 Å². The van der Waals surface area contributed by atoms with Crippen molar-refractivity contribution in [2.45, 2.75) is 43.9 Å². The predicted octanol–water partition coefficient (Wildman–Crippen LogP) is 22.7. The van der Waals surface area contributed by atoms with Crippen molar-refractivity contribution in [1.82, 2.24) is 0 Å². The predicted molar refractivity (Wildman–Crippen MR) is 365 cm³/mol. The van der Waals surface area contributed by atoms with Crippen LogP contribution in [0.3, 0.4) is 0 Å². The van der Waals surface area contributed by atoms with Crippen LogP contribution in [-0.2, 0) is 16.2 Å². The zero-order chi connectivity index (χ0) is 57.9. The third kappa shape index (κ3) is 6.65. The van der Waals surface area contributed by atoms with Crippen molar-refractivity contribution in [1.29, 1.82) is 0 Å². The van der Waals surface area contributed by atoms with E-state index in [9.17, 15) is 0 Å². The summed E-state index contributed by atoms with van der Waals surface area (Å²) in [6.07, 6.45) is 0. The first-order valence-electron chi connectivity index (χ1n) is 30.8. The van der Waals surface area contributed by atoms with Crippen LogP contribution in [0.4, 0.5) is 34.1 Å². The van der Waals surface area contributed by atoms with Gasteiger partial charge >= 0.3 is 0 Å². The second-order valence-corrected chi connectivity index (χ2v) is 25.4. The zero-order valence-corrected chi connectivity index (χ0v) is 49.1. The quantitative estimate of drug-likeness (QED) is 0.159. The van der Waals surface area contributed by atoms with Crippen LogP contribution in [-0.4, -0.2) is 0 Å². The molecule has 0 aromatic heterocycles. The lowest BCUT2D eigenvalue weighted by Gasteiger charge is -2.43. The second-order valence-electron chi connectivity index (χ2n) is 25.4. The van der Waals surface area contributed by atoms with Gasteiger partial charge in [-0.15, -0.1) is 0 Å². The Morgan fingerprint density at radius 1 is 0.230 bits per heavy atom. The third-order valence-corrected chi connectivity index (χ3v) is 20.4. The normalized spacial score (nSPS) is 14.9. The summed E-state index contributed by atoms with van der Waals surface area (Å²) in [7, 11) is 0. The number of fused-ring (bicyclic) bond motifs is 18. The molecule has 0 unspecified atom stereocenters. The molecule has 4 aliphatic rings. The van der Waals surface area contributed by atoms with Crippen LogP contribution in [0.2, 0.25) is 0 Å². The van der Waals surface area contributed by atoms with E-state index < -0.39 is 5.41 Å². The van der Waals surface area contributed by atoms with Gasteiger partial charge < -0.3 is 9.80 Å². The summed E-state index contributed by atoms with van der Waals surface area (Å²) in [5.41, 5.74) is 29.0. The first-order valence-corrected chi connectivity index (χ1v) is 30.8. The summed E-state index contributed by atoms with van der Waals surface area (Å²) >= 11 is 0. The van der Waals surface area contributed by atoms with E-state index in [1.165, 1.54) is 155 Å². The number of para-hydroxylation sites is 4. The molecule has 18 rings (SSSR count). The minimum Gasteiger partial charge on any atom is -0.310 e. The van der Waals surface area contributed by atoms with Crippen molar-refractivity contribution < 1.29 is 0 Å². The van der Waals surface area contributed by atoms with Gasteiger partial charge in [-0.25, -0.2) is 0 Å². The minimum absolute atomic E-state index is 0.360. The molecule has 0 bridgehead atoms. The maximum atomic E-state index is 2.58. The highest BCUT2D eigenvalue weighted by Crippen LogP contribution is 2.67. The Morgan fingerprint density at radius 2 is 0.609 bits per heavy atom. The van der Waals surface area contributed by atoms with E-state index in [0.717, 1.165) is 11.4 Å². The molecule has 2 heterocycles. The molecular weight excluding hydrogens is 1050 g/mol. The summed E-state index contributed by atoms with van der Waals surface area (Å²) in [4.78, 5) is 4.98. The van der Waals surface area contributed by atoms with Gasteiger partial charge in [-0.3, -0.25) is 0 Å². The highest BCUT2D eigenvalue weighted by molar-refractivity contribution is 6.21. The molecule has 0 radical (unpaired) electrons. The Balaban J connectivity index is 0.992. The number of hydrogen-bond acceptors (Lipinski definition) is 2. The van der Waals surface area contributed by atoms with Crippen LogP contribution < -0.4 is 9.80 Å². The lowest BCUT2D eigenvalue weighted by atomic mass is 9.68. The molecule has 0 saturated carbocycles. The van der Waals surface area contributed by atoms with Crippen LogP contribution >= 0.6 is 0 Å². The monoisotopic (exact) mass is 1110 g/mol. The van der Waals surface area contributed by atoms with Crippen LogP contribution in [0.15, 0.2) is 291 Å². The van der Waals surface area contributed by atoms with Crippen molar-refractivity contribution in [3.63, 3.8) is 0 Å². The van der Waals surface area contributed by atoms with Crippen LogP contribution in [0, 0.1) is 0 Å². The largest absolute Gasteiger partial charge is 0.310 e. The van der Waals surface area contributed by atoms with Crippen molar-refractivity contribution >= 4 is 66.4 Å². The lowest BCUT2D eigenvalue weighted by molar-refractivity contribution is 0.633. The molecular formula is C85H60N2. The van der Waals surface area contributed by atoms with E-state index in [-0.39, 0.29) is 10.8 Å². The minimum atomic E-state index is -0.615. The van der Waals surface area contributed by atoms with E-state index in [2.05, 4.69) is 329 Å². The van der Waals surface area contributed by atoms with Gasteiger partial charge in [-0.1, -0.05) is 264 Å². The smallest absolute Gasteiger partial charge is 0.0731 e. The number of hydrogen-bond donors (Lipinski definition) is 0. The van der Waals surface area contributed by atoms with E-state index in [4.69, 9.17) is 0 Å². The van der Waals surface area contributed by atoms with Gasteiger partial charge in [0.2, 0.25) is 0 Å². The average Bonchev–Trinajstić information content (AvgIpc) is 1.54. The molecule has 14 aromatic rings. The SMILES string of the molecule is CC1(C)c2ccccc2N(c2ccccc2)c2cccc(-c3cccc4c(-c5cccc6c5C5(c7ccccc7-c7ccccc75)c5ccc7ccccc7c5-6)c5cccc(-c6cccc7c6C(C)(C)c6ccccc6N7c6ccccc6)c5cc34)c21. The van der Waals surface area contributed by atoms with E-state index in [1.807, 2.05) is 0 Å². The summed E-state index contributed by atoms with van der Waals surface area (Å²) in [6.45, 7) is 9.73. The van der Waals surface area contributed by atoms with E-state index >= 15 is 0 Å². The van der Waals surface area contributed by atoms with Gasteiger partial charge in [-0.05, 0) is 187 Å². The molecule has 410 valence electrons. The second kappa shape index (κ2) is 18.2. The molecule has 2 heteroatoms. The van der Waals surface area contributed by atoms with Crippen LogP contribution in [0.5, 0.6) is 0 Å². The first-order chi connectivity index (χ1) is 42.7. The third-order valence-electron chi connectivity index (χ3n) is 20.4. The molecule has 0 saturated heterocycles.